The summed E-state index contributed by atoms with van der Waals surface area (Å²) in [5.74, 6) is -2.51. The molecule has 112 valence electrons. The number of nitrogens with zero attached hydrogens (tertiary/aromatic N) is 1. The predicted molar refractivity (Wildman–Crippen MR) is 67.9 cm³/mol. The average molecular weight is 320 g/mol. The molecule has 1 aromatic carbocycles. The Balaban J connectivity index is 2.50. The van der Waals surface area contributed by atoms with Crippen LogP contribution in [0.25, 0.3) is 11.5 Å². The molecule has 0 aliphatic heterocycles. The summed E-state index contributed by atoms with van der Waals surface area (Å²) in [5, 5.41) is 0.409. The van der Waals surface area contributed by atoms with Gasteiger partial charge in [0.1, 0.15) is 0 Å². The van der Waals surface area contributed by atoms with Gasteiger partial charge >= 0.3 is 12.1 Å². The third-order valence-electron chi connectivity index (χ3n) is 2.45. The lowest BCUT2D eigenvalue weighted by molar-refractivity contribution is -0.141. The zero-order valence-corrected chi connectivity index (χ0v) is 11.5. The highest BCUT2D eigenvalue weighted by Crippen LogP contribution is 2.34. The van der Waals surface area contributed by atoms with Crippen LogP contribution in [0.4, 0.5) is 13.2 Å². The van der Waals surface area contributed by atoms with E-state index in [1.807, 2.05) is 0 Å². The first-order chi connectivity index (χ1) is 9.82. The van der Waals surface area contributed by atoms with Gasteiger partial charge in [0.15, 0.2) is 5.69 Å². The highest BCUT2D eigenvalue weighted by atomic mass is 35.5. The van der Waals surface area contributed by atoms with E-state index in [-0.39, 0.29) is 18.1 Å². The van der Waals surface area contributed by atoms with Crippen molar-refractivity contribution in [2.75, 3.05) is 6.61 Å². The third kappa shape index (κ3) is 3.36. The number of oxazole rings is 1. The van der Waals surface area contributed by atoms with Crippen LogP contribution in [0, 0.1) is 0 Å². The first-order valence-corrected chi connectivity index (χ1v) is 6.21. The van der Waals surface area contributed by atoms with E-state index in [1.54, 1.807) is 0 Å². The second kappa shape index (κ2) is 5.77. The SMILES string of the molecule is CCOC(=O)c1oc(-c2ccc(Cl)cc2)nc1C(F)(F)F. The standard InChI is InChI=1S/C13H9ClF3NO3/c1-2-20-12(19)9-10(13(15,16)17)18-11(21-9)7-3-5-8(14)6-4-7/h3-6H,2H2,1H3. The normalized spacial score (nSPS) is 11.5. The lowest BCUT2D eigenvalue weighted by Crippen LogP contribution is -2.14. The van der Waals surface area contributed by atoms with Crippen LogP contribution in [0.2, 0.25) is 5.02 Å². The average Bonchev–Trinajstić information content (AvgIpc) is 2.85. The van der Waals surface area contributed by atoms with Crippen LogP contribution in [-0.2, 0) is 10.9 Å². The summed E-state index contributed by atoms with van der Waals surface area (Å²) in [5.41, 5.74) is -1.15. The van der Waals surface area contributed by atoms with Gasteiger partial charge in [-0.15, -0.1) is 0 Å². The Hall–Kier alpha value is -2.02. The Labute approximate surface area is 122 Å². The molecule has 4 nitrogen and oxygen atoms in total. The van der Waals surface area contributed by atoms with E-state index < -0.39 is 23.6 Å². The number of halogens is 4. The van der Waals surface area contributed by atoms with Crippen molar-refractivity contribution in [1.82, 2.24) is 4.98 Å². The van der Waals surface area contributed by atoms with Crippen molar-refractivity contribution in [2.24, 2.45) is 0 Å². The van der Waals surface area contributed by atoms with Gasteiger partial charge in [-0.05, 0) is 31.2 Å². The maximum Gasteiger partial charge on any atom is 0.437 e. The molecule has 2 aromatic rings. The number of hydrogen-bond acceptors (Lipinski definition) is 4. The number of rotatable bonds is 3. The number of hydrogen-bond donors (Lipinski definition) is 0. The second-order valence-corrected chi connectivity index (χ2v) is 4.36. The number of alkyl halides is 3. The monoisotopic (exact) mass is 319 g/mol. The van der Waals surface area contributed by atoms with Gasteiger partial charge in [-0.25, -0.2) is 9.78 Å². The van der Waals surface area contributed by atoms with Crippen LogP contribution in [0.15, 0.2) is 28.7 Å². The lowest BCUT2D eigenvalue weighted by atomic mass is 10.2. The molecule has 2 rings (SSSR count). The lowest BCUT2D eigenvalue weighted by Gasteiger charge is -2.03. The van der Waals surface area contributed by atoms with E-state index in [9.17, 15) is 18.0 Å². The molecular weight excluding hydrogens is 311 g/mol. The van der Waals surface area contributed by atoms with Crippen LogP contribution in [-0.4, -0.2) is 17.6 Å². The minimum atomic E-state index is -4.82. The molecule has 0 N–H and O–H groups in total. The van der Waals surface area contributed by atoms with Gasteiger partial charge in [-0.1, -0.05) is 11.6 Å². The molecule has 0 radical (unpaired) electrons. The summed E-state index contributed by atoms with van der Waals surface area (Å²) in [6.07, 6.45) is -4.82. The minimum absolute atomic E-state index is 0.0763. The van der Waals surface area contributed by atoms with Crippen molar-refractivity contribution in [3.63, 3.8) is 0 Å². The molecule has 0 amide bonds. The van der Waals surface area contributed by atoms with Gasteiger partial charge in [0.25, 0.3) is 0 Å². The molecule has 0 spiro atoms. The Morgan fingerprint density at radius 3 is 2.48 bits per heavy atom. The largest absolute Gasteiger partial charge is 0.460 e. The number of carbonyl (C=O) groups is 1. The van der Waals surface area contributed by atoms with Crippen molar-refractivity contribution in [2.45, 2.75) is 13.1 Å². The molecule has 0 saturated heterocycles. The number of esters is 1. The first-order valence-electron chi connectivity index (χ1n) is 5.84. The Morgan fingerprint density at radius 1 is 1.33 bits per heavy atom. The Bertz CT molecular complexity index is 650. The summed E-state index contributed by atoms with van der Waals surface area (Å²) in [6.45, 7) is 1.40. The predicted octanol–water partition coefficient (Wildman–Crippen LogP) is 4.19. The summed E-state index contributed by atoms with van der Waals surface area (Å²) < 4.78 is 48.1. The summed E-state index contributed by atoms with van der Waals surface area (Å²) in [7, 11) is 0. The molecule has 0 aliphatic rings. The van der Waals surface area contributed by atoms with Gasteiger partial charge in [0.05, 0.1) is 6.61 Å². The van der Waals surface area contributed by atoms with E-state index in [2.05, 4.69) is 9.72 Å². The van der Waals surface area contributed by atoms with Gasteiger partial charge in [0.2, 0.25) is 11.7 Å². The fourth-order valence-electron chi connectivity index (χ4n) is 1.56. The van der Waals surface area contributed by atoms with Crippen molar-refractivity contribution < 1.29 is 27.1 Å². The summed E-state index contributed by atoms with van der Waals surface area (Å²) in [4.78, 5) is 14.9. The van der Waals surface area contributed by atoms with Crippen molar-refractivity contribution in [1.29, 1.82) is 0 Å². The molecule has 1 heterocycles. The Morgan fingerprint density at radius 2 is 1.95 bits per heavy atom. The zero-order chi connectivity index (χ0) is 15.6. The fraction of sp³-hybridized carbons (Fsp3) is 0.231. The summed E-state index contributed by atoms with van der Waals surface area (Å²) >= 11 is 5.69. The number of ether oxygens (including phenoxy) is 1. The van der Waals surface area contributed by atoms with Crippen LogP contribution >= 0.6 is 11.6 Å². The highest BCUT2D eigenvalue weighted by molar-refractivity contribution is 6.30. The molecule has 0 aliphatic carbocycles. The van der Waals surface area contributed by atoms with Crippen LogP contribution in [0.1, 0.15) is 23.2 Å². The smallest absolute Gasteiger partial charge is 0.437 e. The maximum absolute atomic E-state index is 12.9. The van der Waals surface area contributed by atoms with Crippen molar-refractivity contribution >= 4 is 17.6 Å². The van der Waals surface area contributed by atoms with Crippen LogP contribution < -0.4 is 0 Å². The highest BCUT2D eigenvalue weighted by Gasteiger charge is 2.41. The topological polar surface area (TPSA) is 52.3 Å². The molecule has 0 saturated carbocycles. The number of aromatic nitrogens is 1. The minimum Gasteiger partial charge on any atom is -0.460 e. The zero-order valence-electron chi connectivity index (χ0n) is 10.7. The van der Waals surface area contributed by atoms with E-state index >= 15 is 0 Å². The van der Waals surface area contributed by atoms with Gasteiger partial charge in [0, 0.05) is 10.6 Å². The summed E-state index contributed by atoms with van der Waals surface area (Å²) in [6, 6.07) is 5.81. The first kappa shape index (κ1) is 15.4. The maximum atomic E-state index is 12.9. The van der Waals surface area contributed by atoms with Gasteiger partial charge < -0.3 is 9.15 Å². The van der Waals surface area contributed by atoms with Crippen LogP contribution in [0.5, 0.6) is 0 Å². The van der Waals surface area contributed by atoms with Gasteiger partial charge in [-0.2, -0.15) is 13.2 Å². The van der Waals surface area contributed by atoms with Gasteiger partial charge in [-0.3, -0.25) is 0 Å². The molecule has 8 heteroatoms. The van der Waals surface area contributed by atoms with E-state index in [0.29, 0.717) is 5.02 Å². The quantitative estimate of drug-likeness (QED) is 0.796. The molecule has 1 aromatic heterocycles. The Kier molecular flexibility index (Phi) is 4.22. The van der Waals surface area contributed by atoms with E-state index in [4.69, 9.17) is 16.0 Å². The molecule has 0 bridgehead atoms. The van der Waals surface area contributed by atoms with Crippen LogP contribution in [0.3, 0.4) is 0 Å². The fourth-order valence-corrected chi connectivity index (χ4v) is 1.69. The van der Waals surface area contributed by atoms with E-state index in [0.717, 1.165) is 0 Å². The number of carbonyl (C=O) groups excluding carboxylic acids is 1. The second-order valence-electron chi connectivity index (χ2n) is 3.92. The third-order valence-corrected chi connectivity index (χ3v) is 2.70. The van der Waals surface area contributed by atoms with Crippen molar-refractivity contribution in [3.05, 3.63) is 40.7 Å². The molecular formula is C13H9ClF3NO3. The molecule has 21 heavy (non-hydrogen) atoms. The number of benzene rings is 1. The molecule has 0 unspecified atom stereocenters. The molecule has 0 atom stereocenters. The van der Waals surface area contributed by atoms with E-state index in [1.165, 1.54) is 31.2 Å². The molecule has 0 fully saturated rings. The van der Waals surface area contributed by atoms with Crippen molar-refractivity contribution in [3.8, 4) is 11.5 Å².